The Bertz CT molecular complexity index is 1550. The number of ether oxygens (including phenoxy) is 1. The highest BCUT2D eigenvalue weighted by Gasteiger charge is 2.46. The van der Waals surface area contributed by atoms with Crippen LogP contribution in [0.15, 0.2) is 47.9 Å². The molecule has 3 heterocycles. The van der Waals surface area contributed by atoms with Gasteiger partial charge in [-0.25, -0.2) is 8.78 Å². The summed E-state index contributed by atoms with van der Waals surface area (Å²) in [6, 6.07) is 8.10. The zero-order valence-corrected chi connectivity index (χ0v) is 18.1. The van der Waals surface area contributed by atoms with E-state index in [4.69, 9.17) is 4.74 Å². The number of carbonyl (C=O) groups is 1. The Hall–Kier alpha value is -3.68. The van der Waals surface area contributed by atoms with Crippen LogP contribution in [-0.4, -0.2) is 32.4 Å². The van der Waals surface area contributed by atoms with Crippen LogP contribution >= 0.6 is 0 Å². The number of fused-ring (bicyclic) bond motifs is 5. The van der Waals surface area contributed by atoms with Crippen molar-refractivity contribution >= 4 is 27.8 Å². The molecule has 6 nitrogen and oxygen atoms in total. The van der Waals surface area contributed by atoms with E-state index < -0.39 is 23.5 Å². The second-order valence-electron chi connectivity index (χ2n) is 9.50. The minimum Gasteiger partial charge on any atom is -0.497 e. The number of benzene rings is 2. The molecule has 0 saturated carbocycles. The number of halogens is 2. The highest BCUT2D eigenvalue weighted by Crippen LogP contribution is 2.54. The van der Waals surface area contributed by atoms with Crippen LogP contribution in [-0.2, 0) is 16.0 Å². The summed E-state index contributed by atoms with van der Waals surface area (Å²) < 4.78 is 36.2. The van der Waals surface area contributed by atoms with E-state index in [1.54, 1.807) is 12.3 Å². The maximum Gasteiger partial charge on any atom is 0.314 e. The number of aromatic nitrogens is 3. The van der Waals surface area contributed by atoms with Crippen molar-refractivity contribution in [2.24, 2.45) is 11.8 Å². The maximum atomic E-state index is 14.4. The van der Waals surface area contributed by atoms with Crippen LogP contribution in [0.4, 0.5) is 8.78 Å². The van der Waals surface area contributed by atoms with Gasteiger partial charge < -0.3 is 14.4 Å². The lowest BCUT2D eigenvalue weighted by molar-refractivity contribution is -0.142. The van der Waals surface area contributed by atoms with Gasteiger partial charge in [0.05, 0.1) is 23.8 Å². The molecule has 2 aromatic carbocycles. The smallest absolute Gasteiger partial charge is 0.314 e. The van der Waals surface area contributed by atoms with E-state index in [2.05, 4.69) is 16.3 Å². The molecule has 0 radical (unpaired) electrons. The number of carboxylic acid groups (broad SMARTS) is 1. The van der Waals surface area contributed by atoms with Gasteiger partial charge in [-0.2, -0.15) is 5.10 Å². The molecular formula is C26H21F2N3O3. The predicted molar refractivity (Wildman–Crippen MR) is 121 cm³/mol. The number of hydrogen-bond acceptors (Lipinski definition) is 3. The zero-order chi connectivity index (χ0) is 23.1. The molecule has 1 aliphatic heterocycles. The van der Waals surface area contributed by atoms with Crippen molar-refractivity contribution in [3.63, 3.8) is 0 Å². The fraction of sp³-hybridized carbons (Fsp3) is 0.308. The maximum absolute atomic E-state index is 14.4. The number of rotatable bonds is 2. The molecule has 8 heteroatoms. The van der Waals surface area contributed by atoms with Gasteiger partial charge in [-0.05, 0) is 67.0 Å². The minimum atomic E-state index is -0.901. The standard InChI is InChI=1S/C26H21F2N3O3/c27-19-4-2-14(9-20(19)28)31-22-8-13-11-29-30-21(13)10-17(22)18-7-12-1-3-16(26(32)33)25-23(12)15(24(18)31)5-6-34-25/h2,4,8-12,15-16H,1,3,5-7H2,(H,29,30)(H,32,33)/t12-,15?,16+/m1/s1. The highest BCUT2D eigenvalue weighted by molar-refractivity contribution is 5.99. The molecule has 4 aromatic rings. The molecule has 172 valence electrons. The van der Waals surface area contributed by atoms with E-state index in [1.807, 2.05) is 10.6 Å². The largest absolute Gasteiger partial charge is 0.497 e. The third-order valence-corrected chi connectivity index (χ3v) is 7.80. The summed E-state index contributed by atoms with van der Waals surface area (Å²) in [4.78, 5) is 12.0. The molecule has 2 N–H and O–H groups in total. The number of carboxylic acids is 1. The Morgan fingerprint density at radius 1 is 1.15 bits per heavy atom. The fourth-order valence-electron chi connectivity index (χ4n) is 6.41. The molecule has 0 fully saturated rings. The zero-order valence-electron chi connectivity index (χ0n) is 18.1. The lowest BCUT2D eigenvalue weighted by Crippen LogP contribution is -2.36. The average molecular weight is 461 g/mol. The van der Waals surface area contributed by atoms with Crippen LogP contribution < -0.4 is 0 Å². The van der Waals surface area contributed by atoms with E-state index in [1.165, 1.54) is 11.6 Å². The first kappa shape index (κ1) is 19.8. The Labute approximate surface area is 192 Å². The molecular weight excluding hydrogens is 440 g/mol. The lowest BCUT2D eigenvalue weighted by Gasteiger charge is -2.43. The summed E-state index contributed by atoms with van der Waals surface area (Å²) in [6.45, 7) is 0.434. The van der Waals surface area contributed by atoms with Gasteiger partial charge in [0.1, 0.15) is 11.7 Å². The Balaban J connectivity index is 1.56. The molecule has 3 aliphatic rings. The minimum absolute atomic E-state index is 0.0309. The van der Waals surface area contributed by atoms with Crippen LogP contribution in [0.2, 0.25) is 0 Å². The number of nitrogens with one attached hydrogen (secondary N) is 1. The van der Waals surface area contributed by atoms with Gasteiger partial charge in [0, 0.05) is 34.1 Å². The van der Waals surface area contributed by atoms with E-state index in [0.717, 1.165) is 52.0 Å². The van der Waals surface area contributed by atoms with Crippen LogP contribution in [0.3, 0.4) is 0 Å². The normalized spacial score (nSPS) is 23.6. The summed E-state index contributed by atoms with van der Waals surface area (Å²) in [6.07, 6.45) is 4.58. The predicted octanol–water partition coefficient (Wildman–Crippen LogP) is 5.21. The summed E-state index contributed by atoms with van der Waals surface area (Å²) in [5, 5.41) is 19.0. The molecule has 2 aromatic heterocycles. The first-order chi connectivity index (χ1) is 16.5. The monoisotopic (exact) mass is 461 g/mol. The van der Waals surface area contributed by atoms with Crippen molar-refractivity contribution in [2.75, 3.05) is 6.61 Å². The van der Waals surface area contributed by atoms with E-state index in [9.17, 15) is 18.7 Å². The second-order valence-corrected chi connectivity index (χ2v) is 9.50. The Kier molecular flexibility index (Phi) is 4.02. The molecule has 0 bridgehead atoms. The van der Waals surface area contributed by atoms with Crippen LogP contribution in [0.25, 0.3) is 27.5 Å². The van der Waals surface area contributed by atoms with Gasteiger partial charge in [0.2, 0.25) is 0 Å². The summed E-state index contributed by atoms with van der Waals surface area (Å²) in [7, 11) is 0. The molecule has 1 unspecified atom stereocenters. The van der Waals surface area contributed by atoms with Crippen molar-refractivity contribution in [1.82, 2.24) is 14.8 Å². The Morgan fingerprint density at radius 2 is 2.03 bits per heavy atom. The first-order valence-corrected chi connectivity index (χ1v) is 11.6. The SMILES string of the molecule is O=C(O)[C@H]1CC[C@@H]2Cc3c(n(-c4ccc(F)c(F)c4)c4cc5cn[nH]c5cc34)C3CCOC1=C32. The molecule has 3 atom stereocenters. The molecule has 0 saturated heterocycles. The second kappa shape index (κ2) is 6.91. The first-order valence-electron chi connectivity index (χ1n) is 11.6. The van der Waals surface area contributed by atoms with Crippen LogP contribution in [0.1, 0.15) is 36.4 Å². The number of H-pyrrole nitrogens is 1. The van der Waals surface area contributed by atoms with Crippen molar-refractivity contribution in [2.45, 2.75) is 31.6 Å². The van der Waals surface area contributed by atoms with Crippen molar-refractivity contribution in [1.29, 1.82) is 0 Å². The topological polar surface area (TPSA) is 80.1 Å². The van der Waals surface area contributed by atoms with Gasteiger partial charge in [-0.3, -0.25) is 9.89 Å². The number of allylic oxidation sites excluding steroid dienone is 1. The third-order valence-electron chi connectivity index (χ3n) is 7.80. The van der Waals surface area contributed by atoms with Gasteiger partial charge >= 0.3 is 5.97 Å². The van der Waals surface area contributed by atoms with E-state index in [-0.39, 0.29) is 11.8 Å². The van der Waals surface area contributed by atoms with Crippen molar-refractivity contribution < 1.29 is 23.4 Å². The van der Waals surface area contributed by atoms with Gasteiger partial charge in [0.25, 0.3) is 0 Å². The summed E-state index contributed by atoms with van der Waals surface area (Å²) in [5.41, 5.74) is 5.67. The van der Waals surface area contributed by atoms with Gasteiger partial charge in [-0.1, -0.05) is 0 Å². The van der Waals surface area contributed by atoms with Crippen molar-refractivity contribution in [3.05, 3.63) is 70.8 Å². The summed E-state index contributed by atoms with van der Waals surface area (Å²) in [5.74, 6) is -2.47. The number of aliphatic carboxylic acids is 1. The fourth-order valence-corrected chi connectivity index (χ4v) is 6.41. The summed E-state index contributed by atoms with van der Waals surface area (Å²) >= 11 is 0. The molecule has 34 heavy (non-hydrogen) atoms. The molecule has 0 spiro atoms. The molecule has 7 rings (SSSR count). The van der Waals surface area contributed by atoms with Crippen molar-refractivity contribution in [3.8, 4) is 5.69 Å². The third kappa shape index (κ3) is 2.59. The van der Waals surface area contributed by atoms with Crippen LogP contribution in [0, 0.1) is 23.5 Å². The lowest BCUT2D eigenvalue weighted by atomic mass is 9.66. The van der Waals surface area contributed by atoms with Gasteiger partial charge in [-0.15, -0.1) is 0 Å². The number of aromatic amines is 1. The van der Waals surface area contributed by atoms with Crippen LogP contribution in [0.5, 0.6) is 0 Å². The highest BCUT2D eigenvalue weighted by atomic mass is 19.2. The number of nitrogens with zero attached hydrogens (tertiary/aromatic N) is 2. The molecule has 0 amide bonds. The average Bonchev–Trinajstić information content (AvgIpc) is 3.41. The van der Waals surface area contributed by atoms with Gasteiger partial charge in [0.15, 0.2) is 11.6 Å². The quantitative estimate of drug-likeness (QED) is 0.430. The van der Waals surface area contributed by atoms with E-state index >= 15 is 0 Å². The molecule has 2 aliphatic carbocycles. The Morgan fingerprint density at radius 3 is 2.85 bits per heavy atom. The number of hydrogen-bond donors (Lipinski definition) is 2. The van der Waals surface area contributed by atoms with E-state index in [0.29, 0.717) is 30.9 Å².